The molecule has 0 aliphatic carbocycles. The average molecular weight is 478 g/mol. The molecule has 9 heteroatoms. The Morgan fingerprint density at radius 3 is 2.47 bits per heavy atom. The van der Waals surface area contributed by atoms with Crippen LogP contribution < -0.4 is 10.2 Å². The largest absolute Gasteiger partial charge is 0.383 e. The van der Waals surface area contributed by atoms with E-state index in [1.165, 1.54) is 9.58 Å². The van der Waals surface area contributed by atoms with Crippen molar-refractivity contribution >= 4 is 40.1 Å². The fraction of sp³-hybridized carbons (Fsp3) is 0.200. The van der Waals surface area contributed by atoms with Crippen molar-refractivity contribution in [3.63, 3.8) is 0 Å². The van der Waals surface area contributed by atoms with Gasteiger partial charge in [-0.25, -0.2) is 4.68 Å². The second kappa shape index (κ2) is 10.9. The van der Waals surface area contributed by atoms with Crippen molar-refractivity contribution in [1.82, 2.24) is 20.3 Å². The summed E-state index contributed by atoms with van der Waals surface area (Å²) in [5.74, 6) is -0.649. The van der Waals surface area contributed by atoms with Gasteiger partial charge in [-0.3, -0.25) is 14.5 Å². The van der Waals surface area contributed by atoms with Crippen molar-refractivity contribution in [2.24, 2.45) is 0 Å². The lowest BCUT2D eigenvalue weighted by atomic mass is 10.0. The van der Waals surface area contributed by atoms with Crippen LogP contribution in [-0.2, 0) is 20.9 Å². The molecule has 4 rings (SSSR count). The lowest BCUT2D eigenvalue weighted by Gasteiger charge is -2.31. The maximum absolute atomic E-state index is 13.8. The summed E-state index contributed by atoms with van der Waals surface area (Å²) in [5.41, 5.74) is 2.62. The van der Waals surface area contributed by atoms with E-state index >= 15 is 0 Å². The predicted octanol–water partition coefficient (Wildman–Crippen LogP) is 3.62. The van der Waals surface area contributed by atoms with Gasteiger partial charge in [0.05, 0.1) is 12.1 Å². The Kier molecular flexibility index (Phi) is 7.51. The Labute approximate surface area is 202 Å². The van der Waals surface area contributed by atoms with E-state index in [1.807, 2.05) is 54.6 Å². The molecule has 0 spiro atoms. The number of rotatable bonds is 9. The van der Waals surface area contributed by atoms with Gasteiger partial charge < -0.3 is 10.1 Å². The van der Waals surface area contributed by atoms with Gasteiger partial charge in [0.25, 0.3) is 0 Å². The minimum atomic E-state index is -0.915. The monoisotopic (exact) mass is 477 g/mol. The summed E-state index contributed by atoms with van der Waals surface area (Å²) in [6.45, 7) is 0.569. The fourth-order valence-corrected chi connectivity index (χ4v) is 3.83. The van der Waals surface area contributed by atoms with Crippen molar-refractivity contribution in [3.05, 3.63) is 89.4 Å². The number of halogens is 1. The molecule has 1 atom stereocenters. The lowest BCUT2D eigenvalue weighted by Crippen LogP contribution is -2.46. The standard InChI is InChI=1S/C25H24ClN5O3/c1-34-16-15-27-25(33)24(18-7-3-2-4-8-18)31(20-13-11-19(26)12-14-20)23(32)17-30-22-10-6-5-9-21(22)28-29-30/h2-14,24H,15-17H2,1H3,(H,27,33). The molecule has 0 saturated carbocycles. The first-order valence-corrected chi connectivity index (χ1v) is 11.1. The molecule has 0 bridgehead atoms. The SMILES string of the molecule is COCCNC(=O)C(c1ccccc1)N(C(=O)Cn1nnc2ccccc21)c1ccc(Cl)cc1. The highest BCUT2D eigenvalue weighted by atomic mass is 35.5. The fourth-order valence-electron chi connectivity index (χ4n) is 3.70. The number of carbonyl (C=O) groups excluding carboxylic acids is 2. The number of benzene rings is 3. The number of hydrogen-bond donors (Lipinski definition) is 1. The third-order valence-electron chi connectivity index (χ3n) is 5.31. The van der Waals surface area contributed by atoms with Crippen LogP contribution >= 0.6 is 11.6 Å². The van der Waals surface area contributed by atoms with Gasteiger partial charge in [0.1, 0.15) is 18.1 Å². The zero-order valence-electron chi connectivity index (χ0n) is 18.6. The number of nitrogens with one attached hydrogen (secondary N) is 1. The van der Waals surface area contributed by atoms with Gasteiger partial charge in [-0.2, -0.15) is 0 Å². The molecule has 0 aliphatic rings. The highest BCUT2D eigenvalue weighted by molar-refractivity contribution is 6.30. The van der Waals surface area contributed by atoms with Crippen LogP contribution in [0.2, 0.25) is 5.02 Å². The Morgan fingerprint density at radius 2 is 1.74 bits per heavy atom. The topological polar surface area (TPSA) is 89.4 Å². The molecule has 3 aromatic carbocycles. The molecule has 0 saturated heterocycles. The number of anilines is 1. The quantitative estimate of drug-likeness (QED) is 0.372. The van der Waals surface area contributed by atoms with Crippen LogP contribution in [0.3, 0.4) is 0 Å². The number of hydrogen-bond acceptors (Lipinski definition) is 5. The van der Waals surface area contributed by atoms with E-state index in [4.69, 9.17) is 16.3 Å². The molecule has 174 valence electrons. The molecule has 1 N–H and O–H groups in total. The smallest absolute Gasteiger partial charge is 0.249 e. The zero-order valence-corrected chi connectivity index (χ0v) is 19.4. The van der Waals surface area contributed by atoms with Gasteiger partial charge >= 0.3 is 0 Å². The number of carbonyl (C=O) groups is 2. The van der Waals surface area contributed by atoms with Gasteiger partial charge in [0.2, 0.25) is 11.8 Å². The van der Waals surface area contributed by atoms with Gasteiger partial charge in [0, 0.05) is 24.4 Å². The number of amides is 2. The first kappa shape index (κ1) is 23.4. The van der Waals surface area contributed by atoms with Gasteiger partial charge in [-0.05, 0) is 42.0 Å². The number of aromatic nitrogens is 3. The molecular weight excluding hydrogens is 454 g/mol. The number of methoxy groups -OCH3 is 1. The molecule has 1 heterocycles. The molecule has 8 nitrogen and oxygen atoms in total. The molecule has 1 aromatic heterocycles. The van der Waals surface area contributed by atoms with Crippen molar-refractivity contribution in [3.8, 4) is 0 Å². The van der Waals surface area contributed by atoms with E-state index in [9.17, 15) is 9.59 Å². The minimum absolute atomic E-state index is 0.0994. The molecule has 34 heavy (non-hydrogen) atoms. The molecule has 0 radical (unpaired) electrons. The van der Waals surface area contributed by atoms with E-state index in [-0.39, 0.29) is 18.4 Å². The zero-order chi connectivity index (χ0) is 23.9. The third kappa shape index (κ3) is 5.24. The van der Waals surface area contributed by atoms with Gasteiger partial charge in [0.15, 0.2) is 0 Å². The van der Waals surface area contributed by atoms with Crippen LogP contribution in [0, 0.1) is 0 Å². The highest BCUT2D eigenvalue weighted by Gasteiger charge is 2.33. The Bertz CT molecular complexity index is 1260. The number of ether oxygens (including phenoxy) is 1. The summed E-state index contributed by atoms with van der Waals surface area (Å²) < 4.78 is 6.60. The van der Waals surface area contributed by atoms with E-state index in [0.717, 1.165) is 5.52 Å². The lowest BCUT2D eigenvalue weighted by molar-refractivity contribution is -0.127. The molecule has 2 amide bonds. The summed E-state index contributed by atoms with van der Waals surface area (Å²) in [5, 5.41) is 11.7. The van der Waals surface area contributed by atoms with Crippen LogP contribution in [0.25, 0.3) is 11.0 Å². The summed E-state index contributed by atoms with van der Waals surface area (Å²) >= 11 is 6.10. The van der Waals surface area contributed by atoms with Crippen LogP contribution in [0.1, 0.15) is 11.6 Å². The van der Waals surface area contributed by atoms with Crippen LogP contribution in [0.5, 0.6) is 0 Å². The number of nitrogens with zero attached hydrogens (tertiary/aromatic N) is 4. The summed E-state index contributed by atoms with van der Waals surface area (Å²) in [7, 11) is 1.56. The first-order chi connectivity index (χ1) is 16.6. The Balaban J connectivity index is 1.75. The molecule has 4 aromatic rings. The van der Waals surface area contributed by atoms with Gasteiger partial charge in [-0.1, -0.05) is 59.3 Å². The van der Waals surface area contributed by atoms with Crippen molar-refractivity contribution in [1.29, 1.82) is 0 Å². The third-order valence-corrected chi connectivity index (χ3v) is 5.56. The number of para-hydroxylation sites is 1. The highest BCUT2D eigenvalue weighted by Crippen LogP contribution is 2.29. The van der Waals surface area contributed by atoms with Crippen LogP contribution in [0.15, 0.2) is 78.9 Å². The predicted molar refractivity (Wildman–Crippen MR) is 131 cm³/mol. The average Bonchev–Trinajstić information content (AvgIpc) is 3.26. The van der Waals surface area contributed by atoms with Crippen molar-refractivity contribution < 1.29 is 14.3 Å². The summed E-state index contributed by atoms with van der Waals surface area (Å²) in [4.78, 5) is 28.7. The van der Waals surface area contributed by atoms with Gasteiger partial charge in [-0.15, -0.1) is 5.10 Å². The van der Waals surface area contributed by atoms with E-state index < -0.39 is 6.04 Å². The maximum Gasteiger partial charge on any atom is 0.249 e. The maximum atomic E-state index is 13.8. The second-order valence-corrected chi connectivity index (χ2v) is 8.01. The molecular formula is C25H24ClN5O3. The molecule has 0 fully saturated rings. The summed E-state index contributed by atoms with van der Waals surface area (Å²) in [6.07, 6.45) is 0. The number of fused-ring (bicyclic) bond motifs is 1. The van der Waals surface area contributed by atoms with E-state index in [0.29, 0.717) is 34.9 Å². The minimum Gasteiger partial charge on any atom is -0.383 e. The second-order valence-electron chi connectivity index (χ2n) is 7.57. The first-order valence-electron chi connectivity index (χ1n) is 10.8. The van der Waals surface area contributed by atoms with E-state index in [2.05, 4.69) is 15.6 Å². The van der Waals surface area contributed by atoms with Crippen molar-refractivity contribution in [2.45, 2.75) is 12.6 Å². The summed E-state index contributed by atoms with van der Waals surface area (Å²) in [6, 6.07) is 22.5. The molecule has 1 unspecified atom stereocenters. The van der Waals surface area contributed by atoms with Crippen LogP contribution in [-0.4, -0.2) is 47.1 Å². The molecule has 0 aliphatic heterocycles. The van der Waals surface area contributed by atoms with E-state index in [1.54, 1.807) is 31.4 Å². The van der Waals surface area contributed by atoms with Crippen LogP contribution in [0.4, 0.5) is 5.69 Å². The normalized spacial score (nSPS) is 11.8. The van der Waals surface area contributed by atoms with Crippen molar-refractivity contribution in [2.75, 3.05) is 25.2 Å². The Hall–Kier alpha value is -3.75. The Morgan fingerprint density at radius 1 is 1.03 bits per heavy atom.